The number of halogens is 1. The summed E-state index contributed by atoms with van der Waals surface area (Å²) in [5, 5.41) is 12.8. The number of nitrogens with zero attached hydrogens (tertiary/aromatic N) is 3. The van der Waals surface area contributed by atoms with Crippen LogP contribution in [0.2, 0.25) is 5.02 Å². The number of nitrogens with one attached hydrogen (secondary N) is 1. The summed E-state index contributed by atoms with van der Waals surface area (Å²) < 4.78 is 8.04. The van der Waals surface area contributed by atoms with Gasteiger partial charge in [0.25, 0.3) is 0 Å². The highest BCUT2D eigenvalue weighted by Gasteiger charge is 2.19. The molecule has 1 amide bonds. The molecule has 2 aromatic carbocycles. The molecule has 3 aromatic rings. The molecule has 1 unspecified atom stereocenters. The van der Waals surface area contributed by atoms with Crippen molar-refractivity contribution in [1.82, 2.24) is 14.8 Å². The van der Waals surface area contributed by atoms with Crippen LogP contribution in [0.4, 0.5) is 5.69 Å². The van der Waals surface area contributed by atoms with Crippen molar-refractivity contribution in [2.45, 2.75) is 51.9 Å². The van der Waals surface area contributed by atoms with Crippen LogP contribution in [-0.4, -0.2) is 26.4 Å². The first-order valence-corrected chi connectivity index (χ1v) is 11.6. The van der Waals surface area contributed by atoms with Crippen molar-refractivity contribution in [2.24, 2.45) is 0 Å². The van der Waals surface area contributed by atoms with Gasteiger partial charge in [-0.15, -0.1) is 10.2 Å². The molecule has 164 valence electrons. The van der Waals surface area contributed by atoms with E-state index in [4.69, 9.17) is 16.3 Å². The van der Waals surface area contributed by atoms with Crippen LogP contribution in [-0.2, 0) is 17.8 Å². The predicted octanol–water partition coefficient (Wildman–Crippen LogP) is 5.69. The minimum atomic E-state index is -0.266. The summed E-state index contributed by atoms with van der Waals surface area (Å²) in [6.07, 6.45) is 0.725. The number of amides is 1. The van der Waals surface area contributed by atoms with Crippen LogP contribution in [0.25, 0.3) is 0 Å². The summed E-state index contributed by atoms with van der Waals surface area (Å²) in [7, 11) is 0. The number of aryl methyl sites for hydroxylation is 2. The highest BCUT2D eigenvalue weighted by atomic mass is 35.5. The highest BCUT2D eigenvalue weighted by molar-refractivity contribution is 7.99. The fourth-order valence-corrected chi connectivity index (χ4v) is 4.09. The molecule has 0 saturated heterocycles. The first kappa shape index (κ1) is 23.2. The van der Waals surface area contributed by atoms with Gasteiger partial charge in [0, 0.05) is 17.3 Å². The third-order valence-electron chi connectivity index (χ3n) is 4.88. The van der Waals surface area contributed by atoms with Crippen LogP contribution in [0, 0.1) is 6.92 Å². The molecule has 3 rings (SSSR count). The SMILES string of the molecule is CCc1ccc(OC(C)c2nnc(SCC(=O)Nc3cc(Cl)ccc3C)n2CC)cc1. The molecule has 6 nitrogen and oxygen atoms in total. The highest BCUT2D eigenvalue weighted by Crippen LogP contribution is 2.26. The molecule has 0 aliphatic rings. The Balaban J connectivity index is 1.63. The van der Waals surface area contributed by atoms with Gasteiger partial charge in [-0.1, -0.05) is 48.5 Å². The summed E-state index contributed by atoms with van der Waals surface area (Å²) in [6, 6.07) is 13.5. The van der Waals surface area contributed by atoms with E-state index >= 15 is 0 Å². The number of benzene rings is 2. The van der Waals surface area contributed by atoms with Gasteiger partial charge < -0.3 is 14.6 Å². The molecule has 0 fully saturated rings. The van der Waals surface area contributed by atoms with Crippen LogP contribution < -0.4 is 10.1 Å². The fraction of sp³-hybridized carbons (Fsp3) is 0.348. The quantitative estimate of drug-likeness (QED) is 0.417. The topological polar surface area (TPSA) is 69.0 Å². The maximum atomic E-state index is 12.4. The summed E-state index contributed by atoms with van der Waals surface area (Å²) in [5.41, 5.74) is 2.94. The van der Waals surface area contributed by atoms with E-state index in [0.717, 1.165) is 23.6 Å². The van der Waals surface area contributed by atoms with Gasteiger partial charge in [0.1, 0.15) is 5.75 Å². The van der Waals surface area contributed by atoms with Crippen molar-refractivity contribution in [2.75, 3.05) is 11.1 Å². The van der Waals surface area contributed by atoms with Gasteiger partial charge in [-0.25, -0.2) is 0 Å². The Hall–Kier alpha value is -2.51. The molecule has 0 spiro atoms. The molecule has 0 radical (unpaired) electrons. The molecule has 31 heavy (non-hydrogen) atoms. The zero-order valence-corrected chi connectivity index (χ0v) is 19.8. The van der Waals surface area contributed by atoms with Crippen LogP contribution in [0.1, 0.15) is 43.8 Å². The van der Waals surface area contributed by atoms with E-state index in [9.17, 15) is 4.79 Å². The number of hydrogen-bond acceptors (Lipinski definition) is 5. The smallest absolute Gasteiger partial charge is 0.234 e. The van der Waals surface area contributed by atoms with Gasteiger partial charge in [-0.3, -0.25) is 4.79 Å². The summed E-state index contributed by atoms with van der Waals surface area (Å²) in [6.45, 7) is 8.71. The zero-order chi connectivity index (χ0) is 22.4. The Morgan fingerprint density at radius 1 is 1.19 bits per heavy atom. The molecule has 1 aromatic heterocycles. The molecular weight excluding hydrogens is 432 g/mol. The van der Waals surface area contributed by atoms with E-state index in [2.05, 4.69) is 34.6 Å². The number of carbonyl (C=O) groups excluding carboxylic acids is 1. The molecule has 0 saturated carbocycles. The second-order valence-electron chi connectivity index (χ2n) is 7.14. The van der Waals surface area contributed by atoms with E-state index in [1.807, 2.05) is 43.5 Å². The lowest BCUT2D eigenvalue weighted by Gasteiger charge is -2.16. The maximum absolute atomic E-state index is 12.4. The lowest BCUT2D eigenvalue weighted by molar-refractivity contribution is -0.113. The Labute approximate surface area is 192 Å². The van der Waals surface area contributed by atoms with Crippen LogP contribution in [0.3, 0.4) is 0 Å². The standard InChI is InChI=1S/C23H27ClN4O2S/c1-5-17-8-11-19(12-9-17)30-16(4)22-26-27-23(28(22)6-2)31-14-21(29)25-20-13-18(24)10-7-15(20)3/h7-13,16H,5-6,14H2,1-4H3,(H,25,29). The summed E-state index contributed by atoms with van der Waals surface area (Å²) >= 11 is 7.38. The number of hydrogen-bond donors (Lipinski definition) is 1. The van der Waals surface area contributed by atoms with E-state index in [-0.39, 0.29) is 17.8 Å². The van der Waals surface area contributed by atoms with Crippen LogP contribution in [0.5, 0.6) is 5.75 Å². The van der Waals surface area contributed by atoms with Gasteiger partial charge >= 0.3 is 0 Å². The normalized spacial score (nSPS) is 11.9. The first-order chi connectivity index (χ1) is 14.9. The van der Waals surface area contributed by atoms with Gasteiger partial charge in [-0.05, 0) is 62.6 Å². The van der Waals surface area contributed by atoms with Gasteiger partial charge in [0.15, 0.2) is 17.1 Å². The lowest BCUT2D eigenvalue weighted by Crippen LogP contribution is -2.16. The van der Waals surface area contributed by atoms with Crippen molar-refractivity contribution in [3.05, 3.63) is 64.4 Å². The first-order valence-electron chi connectivity index (χ1n) is 10.3. The van der Waals surface area contributed by atoms with Crippen molar-refractivity contribution in [3.63, 3.8) is 0 Å². The van der Waals surface area contributed by atoms with Gasteiger partial charge in [0.2, 0.25) is 5.91 Å². The van der Waals surface area contributed by atoms with Crippen molar-refractivity contribution in [1.29, 1.82) is 0 Å². The predicted molar refractivity (Wildman–Crippen MR) is 126 cm³/mol. The fourth-order valence-electron chi connectivity index (χ4n) is 3.11. The zero-order valence-electron chi connectivity index (χ0n) is 18.2. The average molecular weight is 459 g/mol. The Kier molecular flexibility index (Phi) is 7.98. The van der Waals surface area contributed by atoms with E-state index in [0.29, 0.717) is 22.4 Å². The van der Waals surface area contributed by atoms with Gasteiger partial charge in [0.05, 0.1) is 5.75 Å². The minimum Gasteiger partial charge on any atom is -0.483 e. The largest absolute Gasteiger partial charge is 0.483 e. The van der Waals surface area contributed by atoms with Gasteiger partial charge in [-0.2, -0.15) is 0 Å². The molecule has 0 bridgehead atoms. The maximum Gasteiger partial charge on any atom is 0.234 e. The second kappa shape index (κ2) is 10.7. The molecule has 0 aliphatic carbocycles. The van der Waals surface area contributed by atoms with E-state index in [1.165, 1.54) is 17.3 Å². The summed E-state index contributed by atoms with van der Waals surface area (Å²) in [4.78, 5) is 12.4. The number of carbonyl (C=O) groups is 1. The second-order valence-corrected chi connectivity index (χ2v) is 8.52. The number of ether oxygens (including phenoxy) is 1. The minimum absolute atomic E-state index is 0.122. The molecular formula is C23H27ClN4O2S. The van der Waals surface area contributed by atoms with Crippen LogP contribution >= 0.6 is 23.4 Å². The number of rotatable bonds is 9. The third kappa shape index (κ3) is 6.02. The Bertz CT molecular complexity index is 1040. The Morgan fingerprint density at radius 2 is 1.94 bits per heavy atom. The number of aromatic nitrogens is 3. The van der Waals surface area contributed by atoms with E-state index in [1.54, 1.807) is 12.1 Å². The monoisotopic (exact) mass is 458 g/mol. The molecule has 1 N–H and O–H groups in total. The van der Waals surface area contributed by atoms with Crippen molar-refractivity contribution >= 4 is 35.0 Å². The number of anilines is 1. The average Bonchev–Trinajstić information content (AvgIpc) is 3.18. The number of thioether (sulfide) groups is 1. The molecule has 0 aliphatic heterocycles. The van der Waals surface area contributed by atoms with E-state index < -0.39 is 0 Å². The lowest BCUT2D eigenvalue weighted by atomic mass is 10.2. The van der Waals surface area contributed by atoms with Crippen LogP contribution in [0.15, 0.2) is 47.6 Å². The van der Waals surface area contributed by atoms with Crippen molar-refractivity contribution < 1.29 is 9.53 Å². The third-order valence-corrected chi connectivity index (χ3v) is 6.08. The summed E-state index contributed by atoms with van der Waals surface area (Å²) in [5.74, 6) is 1.62. The molecule has 8 heteroatoms. The molecule has 1 heterocycles. The Morgan fingerprint density at radius 3 is 2.61 bits per heavy atom. The van der Waals surface area contributed by atoms with Crippen molar-refractivity contribution in [3.8, 4) is 5.75 Å². The molecule has 1 atom stereocenters.